The molecule has 0 bridgehead atoms. The van der Waals surface area contributed by atoms with Gasteiger partial charge in [0.1, 0.15) is 5.75 Å². The minimum atomic E-state index is 0.0436. The summed E-state index contributed by atoms with van der Waals surface area (Å²) in [6.45, 7) is 2.02. The molecule has 0 aliphatic carbocycles. The topological polar surface area (TPSA) is 46.2 Å². The first-order valence-corrected chi connectivity index (χ1v) is 3.78. The van der Waals surface area contributed by atoms with Gasteiger partial charge in [-0.3, -0.25) is 0 Å². The van der Waals surface area contributed by atoms with Crippen molar-refractivity contribution < 1.29 is 5.11 Å². The minimum absolute atomic E-state index is 0.0436. The maximum atomic E-state index is 9.10. The van der Waals surface area contributed by atoms with Crippen LogP contribution in [0.3, 0.4) is 0 Å². The van der Waals surface area contributed by atoms with Crippen molar-refractivity contribution in [3.63, 3.8) is 0 Å². The van der Waals surface area contributed by atoms with Crippen LogP contribution in [0.25, 0.3) is 0 Å². The fourth-order valence-corrected chi connectivity index (χ4v) is 0.991. The highest BCUT2D eigenvalue weighted by molar-refractivity contribution is 5.28. The molecule has 1 unspecified atom stereocenters. The van der Waals surface area contributed by atoms with E-state index in [9.17, 15) is 0 Å². The molecule has 1 aromatic carbocycles. The van der Waals surface area contributed by atoms with Crippen LogP contribution < -0.4 is 5.73 Å². The van der Waals surface area contributed by atoms with Gasteiger partial charge in [0.2, 0.25) is 0 Å². The quantitative estimate of drug-likeness (QED) is 0.677. The monoisotopic (exact) mass is 151 g/mol. The van der Waals surface area contributed by atoms with Crippen molar-refractivity contribution in [2.24, 2.45) is 5.73 Å². The largest absolute Gasteiger partial charge is 0.508 e. The molecule has 0 aliphatic rings. The van der Waals surface area contributed by atoms with E-state index in [2.05, 4.69) is 0 Å². The van der Waals surface area contributed by atoms with Crippen molar-refractivity contribution in [3.05, 3.63) is 29.8 Å². The van der Waals surface area contributed by atoms with Gasteiger partial charge in [-0.15, -0.1) is 0 Å². The maximum absolute atomic E-state index is 9.10. The van der Waals surface area contributed by atoms with Crippen LogP contribution >= 0.6 is 0 Å². The average Bonchev–Trinajstić information content (AvgIpc) is 2.03. The molecule has 1 atom stereocenters. The number of nitrogens with two attached hydrogens (primary N) is 1. The molecule has 0 saturated heterocycles. The van der Waals surface area contributed by atoms with Crippen LogP contribution in [0, 0.1) is 0 Å². The van der Waals surface area contributed by atoms with Gasteiger partial charge in [-0.2, -0.15) is 0 Å². The molecule has 1 aromatic rings. The van der Waals surface area contributed by atoms with Crippen LogP contribution in [0.4, 0.5) is 0 Å². The molecule has 0 saturated carbocycles. The van der Waals surface area contributed by atoms with Crippen molar-refractivity contribution in [3.8, 4) is 5.75 Å². The molecule has 2 heteroatoms. The van der Waals surface area contributed by atoms with E-state index in [1.165, 1.54) is 0 Å². The van der Waals surface area contributed by atoms with Crippen molar-refractivity contribution in [2.45, 2.75) is 19.4 Å². The first kappa shape index (κ1) is 8.08. The van der Waals surface area contributed by atoms with E-state index in [0.29, 0.717) is 0 Å². The number of phenols is 1. The Morgan fingerprint density at radius 1 is 1.55 bits per heavy atom. The lowest BCUT2D eigenvalue weighted by atomic mass is 10.1. The summed E-state index contributed by atoms with van der Waals surface area (Å²) in [6.07, 6.45) is 0.892. The third kappa shape index (κ3) is 1.95. The van der Waals surface area contributed by atoms with E-state index in [1.54, 1.807) is 18.2 Å². The van der Waals surface area contributed by atoms with E-state index in [4.69, 9.17) is 10.8 Å². The lowest BCUT2D eigenvalue weighted by Crippen LogP contribution is -2.07. The Morgan fingerprint density at radius 2 is 2.27 bits per heavy atom. The number of benzene rings is 1. The lowest BCUT2D eigenvalue weighted by Gasteiger charge is -2.08. The Labute approximate surface area is 66.7 Å². The van der Waals surface area contributed by atoms with Gasteiger partial charge in [-0.05, 0) is 24.1 Å². The summed E-state index contributed by atoms with van der Waals surface area (Å²) < 4.78 is 0. The standard InChI is InChI=1S/C9H13NO/c1-2-9(10)7-4-3-5-8(11)6-7/h3-6,9,11H,2,10H2,1H3. The fraction of sp³-hybridized carbons (Fsp3) is 0.333. The van der Waals surface area contributed by atoms with E-state index in [1.807, 2.05) is 13.0 Å². The highest BCUT2D eigenvalue weighted by atomic mass is 16.3. The summed E-state index contributed by atoms with van der Waals surface area (Å²) in [5, 5.41) is 9.10. The van der Waals surface area contributed by atoms with Gasteiger partial charge in [0, 0.05) is 6.04 Å². The molecular formula is C9H13NO. The number of phenolic OH excluding ortho intramolecular Hbond substituents is 1. The summed E-state index contributed by atoms with van der Waals surface area (Å²) in [7, 11) is 0. The first-order chi connectivity index (χ1) is 5.24. The van der Waals surface area contributed by atoms with Crippen molar-refractivity contribution >= 4 is 0 Å². The van der Waals surface area contributed by atoms with Gasteiger partial charge in [-0.25, -0.2) is 0 Å². The number of aromatic hydroxyl groups is 1. The van der Waals surface area contributed by atoms with Crippen LogP contribution in [0.15, 0.2) is 24.3 Å². The van der Waals surface area contributed by atoms with Crippen LogP contribution in [-0.4, -0.2) is 5.11 Å². The molecule has 2 nitrogen and oxygen atoms in total. The van der Waals surface area contributed by atoms with Crippen molar-refractivity contribution in [1.29, 1.82) is 0 Å². The molecule has 0 heterocycles. The minimum Gasteiger partial charge on any atom is -0.508 e. The third-order valence-electron chi connectivity index (χ3n) is 1.74. The van der Waals surface area contributed by atoms with Crippen molar-refractivity contribution in [2.75, 3.05) is 0 Å². The average molecular weight is 151 g/mol. The predicted octanol–water partition coefficient (Wildman–Crippen LogP) is 1.80. The van der Waals surface area contributed by atoms with Gasteiger partial charge in [0.15, 0.2) is 0 Å². The zero-order chi connectivity index (χ0) is 8.27. The summed E-state index contributed by atoms with van der Waals surface area (Å²) in [4.78, 5) is 0. The molecule has 0 aliphatic heterocycles. The first-order valence-electron chi connectivity index (χ1n) is 3.78. The molecule has 0 spiro atoms. The molecule has 0 radical (unpaired) electrons. The smallest absolute Gasteiger partial charge is 0.115 e. The van der Waals surface area contributed by atoms with Crippen LogP contribution in [0.2, 0.25) is 0 Å². The van der Waals surface area contributed by atoms with E-state index >= 15 is 0 Å². The van der Waals surface area contributed by atoms with Gasteiger partial charge >= 0.3 is 0 Å². The van der Waals surface area contributed by atoms with E-state index in [0.717, 1.165) is 12.0 Å². The number of hydrogen-bond acceptors (Lipinski definition) is 2. The Morgan fingerprint density at radius 3 is 2.82 bits per heavy atom. The summed E-state index contributed by atoms with van der Waals surface area (Å²) in [5.41, 5.74) is 6.75. The Kier molecular flexibility index (Phi) is 2.49. The highest BCUT2D eigenvalue weighted by Gasteiger charge is 2.01. The third-order valence-corrected chi connectivity index (χ3v) is 1.74. The molecular weight excluding hydrogens is 138 g/mol. The van der Waals surface area contributed by atoms with Gasteiger partial charge in [-0.1, -0.05) is 19.1 Å². The Balaban J connectivity index is 2.86. The lowest BCUT2D eigenvalue weighted by molar-refractivity contribution is 0.473. The molecule has 1 rings (SSSR count). The highest BCUT2D eigenvalue weighted by Crippen LogP contribution is 2.17. The Bertz CT molecular complexity index is 235. The second-order valence-electron chi connectivity index (χ2n) is 2.61. The number of hydrogen-bond donors (Lipinski definition) is 2. The fourth-order valence-electron chi connectivity index (χ4n) is 0.991. The SMILES string of the molecule is CCC(N)c1cccc(O)c1. The van der Waals surface area contributed by atoms with E-state index in [-0.39, 0.29) is 11.8 Å². The van der Waals surface area contributed by atoms with Crippen molar-refractivity contribution in [1.82, 2.24) is 0 Å². The molecule has 0 fully saturated rings. The predicted molar refractivity (Wildman–Crippen MR) is 45.3 cm³/mol. The maximum Gasteiger partial charge on any atom is 0.115 e. The zero-order valence-electron chi connectivity index (χ0n) is 6.62. The second-order valence-corrected chi connectivity index (χ2v) is 2.61. The van der Waals surface area contributed by atoms with Crippen LogP contribution in [-0.2, 0) is 0 Å². The number of rotatable bonds is 2. The molecule has 0 amide bonds. The summed E-state index contributed by atoms with van der Waals surface area (Å²) in [5.74, 6) is 0.284. The normalized spacial score (nSPS) is 12.9. The van der Waals surface area contributed by atoms with Gasteiger partial charge < -0.3 is 10.8 Å². The molecule has 60 valence electrons. The Hall–Kier alpha value is -1.02. The summed E-state index contributed by atoms with van der Waals surface area (Å²) >= 11 is 0. The van der Waals surface area contributed by atoms with Gasteiger partial charge in [0.25, 0.3) is 0 Å². The molecule has 11 heavy (non-hydrogen) atoms. The molecule has 0 aromatic heterocycles. The van der Waals surface area contributed by atoms with E-state index < -0.39 is 0 Å². The second kappa shape index (κ2) is 3.39. The zero-order valence-corrected chi connectivity index (χ0v) is 6.62. The van der Waals surface area contributed by atoms with Crippen LogP contribution in [0.5, 0.6) is 5.75 Å². The van der Waals surface area contributed by atoms with Crippen LogP contribution in [0.1, 0.15) is 24.9 Å². The molecule has 3 N–H and O–H groups in total. The summed E-state index contributed by atoms with van der Waals surface area (Å²) in [6, 6.07) is 7.12. The van der Waals surface area contributed by atoms with Gasteiger partial charge in [0.05, 0.1) is 0 Å².